The Morgan fingerprint density at radius 3 is 2.58 bits per heavy atom. The topological polar surface area (TPSA) is 69.6 Å². The molecule has 0 aromatic carbocycles. The van der Waals surface area contributed by atoms with Crippen LogP contribution in [0.4, 0.5) is 4.79 Å². The van der Waals surface area contributed by atoms with E-state index in [0.29, 0.717) is 5.75 Å². The van der Waals surface area contributed by atoms with Gasteiger partial charge in [0, 0.05) is 11.3 Å². The van der Waals surface area contributed by atoms with Crippen LogP contribution in [0.25, 0.3) is 0 Å². The maximum Gasteiger partial charge on any atom is 0.327 e. The number of rotatable bonds is 3. The Labute approximate surface area is 118 Å². The minimum atomic E-state index is -0.907. The summed E-state index contributed by atoms with van der Waals surface area (Å²) < 4.78 is 0. The average Bonchev–Trinajstić information content (AvgIpc) is 2.94. The van der Waals surface area contributed by atoms with Crippen LogP contribution in [0.15, 0.2) is 0 Å². The summed E-state index contributed by atoms with van der Waals surface area (Å²) >= 11 is 1.56. The molecule has 2 fully saturated rings. The summed E-state index contributed by atoms with van der Waals surface area (Å²) in [5.74, 6) is -0.423. The van der Waals surface area contributed by atoms with E-state index < -0.39 is 12.0 Å². The fourth-order valence-electron chi connectivity index (χ4n) is 2.94. The lowest BCUT2D eigenvalue weighted by Gasteiger charge is -2.32. The third kappa shape index (κ3) is 2.99. The number of urea groups is 1. The van der Waals surface area contributed by atoms with Crippen molar-refractivity contribution in [2.45, 2.75) is 62.9 Å². The third-order valence-electron chi connectivity index (χ3n) is 4.08. The van der Waals surface area contributed by atoms with Crippen molar-refractivity contribution in [3.8, 4) is 0 Å². The van der Waals surface area contributed by atoms with Gasteiger partial charge in [0.05, 0.1) is 5.37 Å². The number of hydrogen-bond donors (Lipinski definition) is 2. The van der Waals surface area contributed by atoms with Crippen LogP contribution in [0.2, 0.25) is 0 Å². The minimum absolute atomic E-state index is 0.0221. The normalized spacial score (nSPS) is 29.5. The van der Waals surface area contributed by atoms with Crippen molar-refractivity contribution in [3.63, 3.8) is 0 Å². The van der Waals surface area contributed by atoms with Crippen molar-refractivity contribution in [2.24, 2.45) is 0 Å². The Kier molecular flexibility index (Phi) is 4.28. The molecule has 1 saturated heterocycles. The maximum absolute atomic E-state index is 12.4. The van der Waals surface area contributed by atoms with Crippen LogP contribution in [0.3, 0.4) is 0 Å². The average molecular weight is 286 g/mol. The Bertz CT molecular complexity index is 369. The summed E-state index contributed by atoms with van der Waals surface area (Å²) in [5.41, 5.74) is -0.161. The summed E-state index contributed by atoms with van der Waals surface area (Å²) in [6.45, 7) is 4.04. The molecule has 1 aliphatic carbocycles. The number of carboxylic acid groups (broad SMARTS) is 1. The number of nitrogens with one attached hydrogen (secondary N) is 1. The summed E-state index contributed by atoms with van der Waals surface area (Å²) in [6, 6.07) is -0.909. The van der Waals surface area contributed by atoms with Crippen LogP contribution in [0.1, 0.15) is 46.0 Å². The van der Waals surface area contributed by atoms with Crippen LogP contribution < -0.4 is 5.32 Å². The van der Waals surface area contributed by atoms with Gasteiger partial charge in [0.2, 0.25) is 0 Å². The van der Waals surface area contributed by atoms with Gasteiger partial charge < -0.3 is 10.4 Å². The smallest absolute Gasteiger partial charge is 0.327 e. The molecule has 2 atom stereocenters. The van der Waals surface area contributed by atoms with E-state index in [1.807, 2.05) is 6.92 Å². The highest BCUT2D eigenvalue weighted by Gasteiger charge is 2.42. The highest BCUT2D eigenvalue weighted by atomic mass is 32.2. The summed E-state index contributed by atoms with van der Waals surface area (Å²) in [7, 11) is 0. The van der Waals surface area contributed by atoms with Crippen LogP contribution in [-0.2, 0) is 4.79 Å². The zero-order valence-electron chi connectivity index (χ0n) is 11.5. The Morgan fingerprint density at radius 2 is 2.05 bits per heavy atom. The molecular formula is C13H22N2O3S. The second-order valence-electron chi connectivity index (χ2n) is 5.66. The lowest BCUT2D eigenvalue weighted by atomic mass is 10.0. The molecular weight excluding hydrogens is 264 g/mol. The van der Waals surface area contributed by atoms with Gasteiger partial charge in [0.1, 0.15) is 6.04 Å². The first-order chi connectivity index (χ1) is 8.97. The molecule has 2 N–H and O–H groups in total. The molecule has 19 heavy (non-hydrogen) atoms. The molecule has 108 valence electrons. The fraction of sp³-hybridized carbons (Fsp3) is 0.846. The van der Waals surface area contributed by atoms with E-state index in [2.05, 4.69) is 12.2 Å². The Morgan fingerprint density at radius 1 is 1.42 bits per heavy atom. The van der Waals surface area contributed by atoms with Crippen LogP contribution in [0, 0.1) is 0 Å². The largest absolute Gasteiger partial charge is 0.480 e. The number of hydrogen-bond acceptors (Lipinski definition) is 3. The summed E-state index contributed by atoms with van der Waals surface area (Å²) in [5, 5.41) is 12.3. The fourth-order valence-corrected chi connectivity index (χ4v) is 4.29. The van der Waals surface area contributed by atoms with Gasteiger partial charge >= 0.3 is 12.0 Å². The van der Waals surface area contributed by atoms with Crippen molar-refractivity contribution < 1.29 is 14.7 Å². The van der Waals surface area contributed by atoms with Gasteiger partial charge in [0.25, 0.3) is 0 Å². The van der Waals surface area contributed by atoms with Gasteiger partial charge in [-0.1, -0.05) is 19.8 Å². The highest BCUT2D eigenvalue weighted by molar-refractivity contribution is 8.00. The summed E-state index contributed by atoms with van der Waals surface area (Å²) in [4.78, 5) is 25.2. The van der Waals surface area contributed by atoms with Crippen molar-refractivity contribution in [1.29, 1.82) is 0 Å². The minimum Gasteiger partial charge on any atom is -0.480 e. The molecule has 1 aliphatic heterocycles. The Hall–Kier alpha value is -0.910. The van der Waals surface area contributed by atoms with Crippen molar-refractivity contribution in [3.05, 3.63) is 0 Å². The molecule has 1 saturated carbocycles. The molecule has 0 spiro atoms. The van der Waals surface area contributed by atoms with Gasteiger partial charge in [-0.15, -0.1) is 11.8 Å². The van der Waals surface area contributed by atoms with Crippen molar-refractivity contribution >= 4 is 23.8 Å². The van der Waals surface area contributed by atoms with E-state index in [9.17, 15) is 14.7 Å². The molecule has 0 aromatic rings. The van der Waals surface area contributed by atoms with Gasteiger partial charge in [-0.05, 0) is 26.2 Å². The second kappa shape index (κ2) is 5.61. The molecule has 0 bridgehead atoms. The molecule has 6 heteroatoms. The lowest BCUT2D eigenvalue weighted by Crippen LogP contribution is -2.55. The number of amides is 2. The molecule has 0 aromatic heterocycles. The van der Waals surface area contributed by atoms with Crippen molar-refractivity contribution in [2.75, 3.05) is 5.75 Å². The van der Waals surface area contributed by atoms with Crippen molar-refractivity contribution in [1.82, 2.24) is 10.2 Å². The quantitative estimate of drug-likeness (QED) is 0.835. The molecule has 0 radical (unpaired) electrons. The first-order valence-electron chi connectivity index (χ1n) is 6.92. The predicted molar refractivity (Wildman–Crippen MR) is 75.2 cm³/mol. The predicted octanol–water partition coefficient (Wildman–Crippen LogP) is 2.27. The zero-order chi connectivity index (χ0) is 14.0. The standard InChI is InChI=1S/C13H22N2O3S/c1-3-10-15(9(8-19-10)11(16)17)12(18)14-13(2)6-4-5-7-13/h9-10H,3-8H2,1-2H3,(H,14,18)(H,16,17). The number of carbonyl (C=O) groups excluding carboxylic acids is 1. The van der Waals surface area contributed by atoms with E-state index in [-0.39, 0.29) is 16.9 Å². The van der Waals surface area contributed by atoms with Crippen LogP contribution >= 0.6 is 11.8 Å². The van der Waals surface area contributed by atoms with Gasteiger partial charge in [-0.2, -0.15) is 0 Å². The number of aliphatic carboxylic acids is 1. The van der Waals surface area contributed by atoms with Gasteiger partial charge in [-0.25, -0.2) is 9.59 Å². The molecule has 1 heterocycles. The van der Waals surface area contributed by atoms with Crippen LogP contribution in [-0.4, -0.2) is 44.7 Å². The molecule has 2 rings (SSSR count). The molecule has 2 aliphatic rings. The SMILES string of the molecule is CCC1SCC(C(=O)O)N1C(=O)NC1(C)CCCC1. The van der Waals surface area contributed by atoms with Gasteiger partial charge in [-0.3, -0.25) is 4.90 Å². The second-order valence-corrected chi connectivity index (χ2v) is 6.87. The third-order valence-corrected chi connectivity index (χ3v) is 5.53. The van der Waals surface area contributed by atoms with Gasteiger partial charge in [0.15, 0.2) is 0 Å². The molecule has 2 amide bonds. The van der Waals surface area contributed by atoms with E-state index in [1.54, 1.807) is 11.8 Å². The Balaban J connectivity index is 2.08. The zero-order valence-corrected chi connectivity index (χ0v) is 12.3. The number of nitrogens with zero attached hydrogens (tertiary/aromatic N) is 1. The van der Waals surface area contributed by atoms with E-state index >= 15 is 0 Å². The van der Waals surface area contributed by atoms with E-state index in [1.165, 1.54) is 4.90 Å². The van der Waals surface area contributed by atoms with E-state index in [4.69, 9.17) is 0 Å². The first-order valence-corrected chi connectivity index (χ1v) is 7.96. The lowest BCUT2D eigenvalue weighted by molar-refractivity contribution is -0.141. The molecule has 2 unspecified atom stereocenters. The van der Waals surface area contributed by atoms with E-state index in [0.717, 1.165) is 32.1 Å². The number of carbonyl (C=O) groups is 2. The highest BCUT2D eigenvalue weighted by Crippen LogP contribution is 2.33. The summed E-state index contributed by atoms with van der Waals surface area (Å²) in [6.07, 6.45) is 5.00. The maximum atomic E-state index is 12.4. The monoisotopic (exact) mass is 286 g/mol. The molecule has 5 nitrogen and oxygen atoms in total. The number of carboxylic acids is 1. The number of thioether (sulfide) groups is 1. The van der Waals surface area contributed by atoms with Crippen LogP contribution in [0.5, 0.6) is 0 Å². The first kappa shape index (κ1) is 14.5.